The summed E-state index contributed by atoms with van der Waals surface area (Å²) in [6.07, 6.45) is 0.401. The van der Waals surface area contributed by atoms with E-state index in [-0.39, 0.29) is 29.9 Å². The van der Waals surface area contributed by atoms with Gasteiger partial charge in [0, 0.05) is 30.1 Å². The van der Waals surface area contributed by atoms with Crippen LogP contribution in [0.1, 0.15) is 36.4 Å². The number of nitrogens with zero attached hydrogens (tertiary/aromatic N) is 1. The highest BCUT2D eigenvalue weighted by Crippen LogP contribution is 2.27. The van der Waals surface area contributed by atoms with E-state index >= 15 is 0 Å². The summed E-state index contributed by atoms with van der Waals surface area (Å²) in [7, 11) is -3.12. The van der Waals surface area contributed by atoms with Crippen LogP contribution in [0.5, 0.6) is 0 Å². The number of amides is 1. The van der Waals surface area contributed by atoms with Crippen molar-refractivity contribution in [2.75, 3.05) is 31.3 Å². The normalized spacial score (nSPS) is 18.1. The molecule has 1 fully saturated rings. The van der Waals surface area contributed by atoms with Crippen molar-refractivity contribution in [2.45, 2.75) is 32.9 Å². The summed E-state index contributed by atoms with van der Waals surface area (Å²) in [5.74, 6) is -1.15. The van der Waals surface area contributed by atoms with Gasteiger partial charge >= 0.3 is 5.97 Å². The summed E-state index contributed by atoms with van der Waals surface area (Å²) < 4.78 is 39.7. The van der Waals surface area contributed by atoms with E-state index in [1.54, 1.807) is 19.1 Å². The fraction of sp³-hybridized carbons (Fsp3) is 0.500. The van der Waals surface area contributed by atoms with Crippen LogP contribution in [0.25, 0.3) is 11.0 Å². The molecule has 0 radical (unpaired) electrons. The minimum atomic E-state index is -3.12. The summed E-state index contributed by atoms with van der Waals surface area (Å²) >= 11 is 0. The van der Waals surface area contributed by atoms with Gasteiger partial charge in [-0.25, -0.2) is 13.2 Å². The number of carbonyl (C=O) groups is 2. The van der Waals surface area contributed by atoms with Gasteiger partial charge in [-0.2, -0.15) is 0 Å². The standard InChI is InChI=1S/C20H25NO7S/c1-3-21(14-9-10-29(24,25)13-14)18(22)12-27-20(23)19-16(11-26-4-2)15-7-5-6-8-17(15)28-19/h5-8,14H,3-4,9-13H2,1-2H3/t14-/m1/s1. The molecule has 3 rings (SSSR count). The number of hydrogen-bond donors (Lipinski definition) is 0. The first kappa shape index (κ1) is 21.3. The highest BCUT2D eigenvalue weighted by Gasteiger charge is 2.34. The zero-order valence-corrected chi connectivity index (χ0v) is 17.4. The van der Waals surface area contributed by atoms with E-state index in [0.717, 1.165) is 5.39 Å². The zero-order valence-electron chi connectivity index (χ0n) is 16.5. The van der Waals surface area contributed by atoms with Crippen molar-refractivity contribution in [3.8, 4) is 0 Å². The molecule has 2 aromatic rings. The van der Waals surface area contributed by atoms with Gasteiger partial charge in [0.25, 0.3) is 5.91 Å². The smallest absolute Gasteiger partial charge is 0.375 e. The van der Waals surface area contributed by atoms with Crippen molar-refractivity contribution in [3.63, 3.8) is 0 Å². The van der Waals surface area contributed by atoms with E-state index in [1.807, 2.05) is 19.1 Å². The Kier molecular flexibility index (Phi) is 6.59. The summed E-state index contributed by atoms with van der Waals surface area (Å²) in [5.41, 5.74) is 1.11. The Labute approximate surface area is 169 Å². The summed E-state index contributed by atoms with van der Waals surface area (Å²) in [6.45, 7) is 4.14. The van der Waals surface area contributed by atoms with Crippen LogP contribution in [0.2, 0.25) is 0 Å². The maximum absolute atomic E-state index is 12.6. The van der Waals surface area contributed by atoms with Crippen molar-refractivity contribution in [3.05, 3.63) is 35.6 Å². The molecule has 1 aromatic heterocycles. The molecule has 1 aromatic carbocycles. The van der Waals surface area contributed by atoms with Crippen LogP contribution in [-0.2, 0) is 30.7 Å². The summed E-state index contributed by atoms with van der Waals surface area (Å²) in [5, 5.41) is 0.755. The SMILES string of the molecule is CCOCc1c(C(=O)OCC(=O)N(CC)[C@@H]2CCS(=O)(=O)C2)oc2ccccc12. The highest BCUT2D eigenvalue weighted by molar-refractivity contribution is 7.91. The largest absolute Gasteiger partial charge is 0.450 e. The lowest BCUT2D eigenvalue weighted by Crippen LogP contribution is -2.43. The second-order valence-corrected chi connectivity index (χ2v) is 9.08. The van der Waals surface area contributed by atoms with Gasteiger partial charge in [-0.3, -0.25) is 4.79 Å². The first-order valence-corrected chi connectivity index (χ1v) is 11.4. The molecule has 1 aliphatic rings. The van der Waals surface area contributed by atoms with Crippen molar-refractivity contribution in [1.29, 1.82) is 0 Å². The Balaban J connectivity index is 1.71. The summed E-state index contributed by atoms with van der Waals surface area (Å²) in [6, 6.07) is 6.82. The minimum absolute atomic E-state index is 0.0129. The first-order chi connectivity index (χ1) is 13.9. The van der Waals surface area contributed by atoms with Crippen molar-refractivity contribution in [2.24, 2.45) is 0 Å². The van der Waals surface area contributed by atoms with Gasteiger partial charge in [-0.05, 0) is 26.3 Å². The number of rotatable bonds is 8. The maximum Gasteiger partial charge on any atom is 0.375 e. The topological polar surface area (TPSA) is 103 Å². The number of carbonyl (C=O) groups excluding carboxylic acids is 2. The Morgan fingerprint density at radius 1 is 1.24 bits per heavy atom. The number of benzene rings is 1. The molecule has 1 saturated heterocycles. The molecule has 1 atom stereocenters. The number of para-hydroxylation sites is 1. The van der Waals surface area contributed by atoms with Crippen molar-refractivity contribution in [1.82, 2.24) is 4.90 Å². The minimum Gasteiger partial charge on any atom is -0.450 e. The Hall–Kier alpha value is -2.39. The van der Waals surface area contributed by atoms with Gasteiger partial charge in [0.05, 0.1) is 18.1 Å². The quantitative estimate of drug-likeness (QED) is 0.600. The van der Waals surface area contributed by atoms with E-state index < -0.39 is 28.3 Å². The van der Waals surface area contributed by atoms with Gasteiger partial charge in [-0.1, -0.05) is 18.2 Å². The van der Waals surface area contributed by atoms with Gasteiger partial charge < -0.3 is 18.8 Å². The van der Waals surface area contributed by atoms with E-state index in [2.05, 4.69) is 0 Å². The van der Waals surface area contributed by atoms with Crippen LogP contribution in [0.15, 0.2) is 28.7 Å². The van der Waals surface area contributed by atoms with Crippen LogP contribution >= 0.6 is 0 Å². The average Bonchev–Trinajstić information content (AvgIpc) is 3.25. The van der Waals surface area contributed by atoms with Crippen molar-refractivity contribution < 1.29 is 31.9 Å². The lowest BCUT2D eigenvalue weighted by molar-refractivity contribution is -0.136. The third-order valence-electron chi connectivity index (χ3n) is 4.97. The highest BCUT2D eigenvalue weighted by atomic mass is 32.2. The molecule has 0 aliphatic carbocycles. The maximum atomic E-state index is 12.6. The molecule has 1 aliphatic heterocycles. The molecule has 0 bridgehead atoms. The number of hydrogen-bond acceptors (Lipinski definition) is 7. The molecule has 0 saturated carbocycles. The number of ether oxygens (including phenoxy) is 2. The van der Waals surface area contributed by atoms with E-state index in [4.69, 9.17) is 13.9 Å². The molecule has 0 spiro atoms. The number of fused-ring (bicyclic) bond motifs is 1. The number of sulfone groups is 1. The molecular formula is C20H25NO7S. The Morgan fingerprint density at radius 3 is 2.66 bits per heavy atom. The van der Waals surface area contributed by atoms with E-state index in [0.29, 0.717) is 30.7 Å². The molecule has 0 N–H and O–H groups in total. The van der Waals surface area contributed by atoms with Crippen LogP contribution in [0.3, 0.4) is 0 Å². The monoisotopic (exact) mass is 423 g/mol. The lowest BCUT2D eigenvalue weighted by atomic mass is 10.1. The van der Waals surface area contributed by atoms with Crippen LogP contribution in [0.4, 0.5) is 0 Å². The van der Waals surface area contributed by atoms with Crippen molar-refractivity contribution >= 4 is 32.7 Å². The van der Waals surface area contributed by atoms with Gasteiger partial charge in [0.1, 0.15) is 5.58 Å². The van der Waals surface area contributed by atoms with Crippen LogP contribution in [-0.4, -0.2) is 62.5 Å². The van der Waals surface area contributed by atoms with Gasteiger partial charge in [-0.15, -0.1) is 0 Å². The van der Waals surface area contributed by atoms with Gasteiger partial charge in [0.15, 0.2) is 16.4 Å². The van der Waals surface area contributed by atoms with Crippen LogP contribution in [0, 0.1) is 0 Å². The van der Waals surface area contributed by atoms with E-state index in [9.17, 15) is 18.0 Å². The Morgan fingerprint density at radius 2 is 2.00 bits per heavy atom. The predicted octanol–water partition coefficient (Wildman–Crippen LogP) is 2.16. The fourth-order valence-corrected chi connectivity index (χ4v) is 5.28. The average molecular weight is 423 g/mol. The lowest BCUT2D eigenvalue weighted by Gasteiger charge is -2.26. The molecule has 1 amide bonds. The molecule has 8 nitrogen and oxygen atoms in total. The third kappa shape index (κ3) is 4.79. The number of furan rings is 1. The molecule has 158 valence electrons. The number of likely N-dealkylation sites (N-methyl/N-ethyl adjacent to an activating group) is 1. The predicted molar refractivity (Wildman–Crippen MR) is 106 cm³/mol. The third-order valence-corrected chi connectivity index (χ3v) is 6.72. The summed E-state index contributed by atoms with van der Waals surface area (Å²) in [4.78, 5) is 26.6. The molecule has 0 unspecified atom stereocenters. The fourth-order valence-electron chi connectivity index (χ4n) is 3.55. The molecule has 29 heavy (non-hydrogen) atoms. The van der Waals surface area contributed by atoms with Crippen LogP contribution < -0.4 is 0 Å². The second-order valence-electron chi connectivity index (χ2n) is 6.86. The molecule has 2 heterocycles. The van der Waals surface area contributed by atoms with E-state index in [1.165, 1.54) is 4.90 Å². The van der Waals surface area contributed by atoms with Gasteiger partial charge in [0.2, 0.25) is 5.76 Å². The molecule has 9 heteroatoms. The Bertz CT molecular complexity index is 995. The second kappa shape index (κ2) is 8.96. The molecular weight excluding hydrogens is 398 g/mol. The number of esters is 1. The zero-order chi connectivity index (χ0) is 21.0. The first-order valence-electron chi connectivity index (χ1n) is 9.61.